The number of methoxy groups -OCH3 is 1. The first-order valence-electron chi connectivity index (χ1n) is 9.89. The van der Waals surface area contributed by atoms with Gasteiger partial charge >= 0.3 is 0 Å². The van der Waals surface area contributed by atoms with E-state index in [1.807, 2.05) is 0 Å². The first kappa shape index (κ1) is 21.0. The van der Waals surface area contributed by atoms with E-state index in [2.05, 4.69) is 15.4 Å². The number of benzene rings is 1. The Labute approximate surface area is 180 Å². The van der Waals surface area contributed by atoms with Gasteiger partial charge in [0.2, 0.25) is 15.9 Å². The Morgan fingerprint density at radius 2 is 1.84 bits per heavy atom. The molecule has 0 aliphatic carbocycles. The molecule has 3 heterocycles. The molecular formula is C21H23N5O4S. The Morgan fingerprint density at radius 3 is 2.48 bits per heavy atom. The highest BCUT2D eigenvalue weighted by Crippen LogP contribution is 2.26. The summed E-state index contributed by atoms with van der Waals surface area (Å²) < 4.78 is 33.9. The van der Waals surface area contributed by atoms with E-state index in [0.29, 0.717) is 30.1 Å². The zero-order valence-electron chi connectivity index (χ0n) is 17.0. The topological polar surface area (TPSA) is 106 Å². The molecule has 162 valence electrons. The number of amides is 1. The Hall–Kier alpha value is -3.24. The average molecular weight is 442 g/mol. The molecule has 1 N–H and O–H groups in total. The molecule has 0 radical (unpaired) electrons. The fourth-order valence-corrected chi connectivity index (χ4v) is 5.03. The van der Waals surface area contributed by atoms with Crippen LogP contribution >= 0.6 is 0 Å². The van der Waals surface area contributed by atoms with Gasteiger partial charge in [0.05, 0.1) is 17.7 Å². The maximum absolute atomic E-state index is 12.9. The van der Waals surface area contributed by atoms with E-state index in [1.54, 1.807) is 53.6 Å². The summed E-state index contributed by atoms with van der Waals surface area (Å²) in [5.41, 5.74) is 0.560. The van der Waals surface area contributed by atoms with Gasteiger partial charge in [0.1, 0.15) is 5.75 Å². The van der Waals surface area contributed by atoms with Gasteiger partial charge in [-0.3, -0.25) is 4.79 Å². The molecule has 0 atom stereocenters. The predicted molar refractivity (Wildman–Crippen MR) is 114 cm³/mol. The van der Waals surface area contributed by atoms with Crippen molar-refractivity contribution in [3.05, 3.63) is 61.1 Å². The Kier molecular flexibility index (Phi) is 6.01. The predicted octanol–water partition coefficient (Wildman–Crippen LogP) is 2.32. The number of nitrogens with zero attached hydrogens (tertiary/aromatic N) is 4. The number of ether oxygens (including phenoxy) is 1. The first-order chi connectivity index (χ1) is 15.0. The van der Waals surface area contributed by atoms with E-state index in [0.717, 1.165) is 0 Å². The van der Waals surface area contributed by atoms with Crippen LogP contribution in [0.1, 0.15) is 12.8 Å². The summed E-state index contributed by atoms with van der Waals surface area (Å²) in [6, 6.07) is 11.6. The van der Waals surface area contributed by atoms with Gasteiger partial charge in [0.25, 0.3) is 0 Å². The monoisotopic (exact) mass is 441 g/mol. The van der Waals surface area contributed by atoms with Crippen molar-refractivity contribution in [3.63, 3.8) is 0 Å². The third kappa shape index (κ3) is 4.44. The van der Waals surface area contributed by atoms with E-state index in [1.165, 1.54) is 23.5 Å². The summed E-state index contributed by atoms with van der Waals surface area (Å²) in [5, 5.41) is 7.09. The molecule has 1 aliphatic rings. The number of rotatable bonds is 6. The average Bonchev–Trinajstić information content (AvgIpc) is 3.34. The molecule has 1 aromatic carbocycles. The summed E-state index contributed by atoms with van der Waals surface area (Å²) in [6.45, 7) is 0.566. The lowest BCUT2D eigenvalue weighted by molar-refractivity contribution is -0.120. The summed E-state index contributed by atoms with van der Waals surface area (Å²) in [6.07, 6.45) is 5.91. The van der Waals surface area contributed by atoms with E-state index in [9.17, 15) is 13.2 Å². The van der Waals surface area contributed by atoms with Crippen molar-refractivity contribution < 1.29 is 17.9 Å². The number of sulfonamides is 1. The minimum Gasteiger partial charge on any atom is -0.497 e. The molecule has 1 fully saturated rings. The van der Waals surface area contributed by atoms with Crippen molar-refractivity contribution in [3.8, 4) is 11.6 Å². The molecule has 3 aromatic rings. The lowest BCUT2D eigenvalue weighted by atomic mass is 9.97. The van der Waals surface area contributed by atoms with Gasteiger partial charge in [0.15, 0.2) is 5.82 Å². The van der Waals surface area contributed by atoms with Crippen LogP contribution in [0.4, 0.5) is 5.69 Å². The molecule has 4 rings (SSSR count). The van der Waals surface area contributed by atoms with Crippen molar-refractivity contribution in [2.75, 3.05) is 25.5 Å². The molecule has 10 heteroatoms. The van der Waals surface area contributed by atoms with Crippen LogP contribution in [0.2, 0.25) is 0 Å². The quantitative estimate of drug-likeness (QED) is 0.629. The highest BCUT2D eigenvalue weighted by Gasteiger charge is 2.32. The van der Waals surface area contributed by atoms with E-state index in [4.69, 9.17) is 4.74 Å². The molecule has 9 nitrogen and oxygen atoms in total. The highest BCUT2D eigenvalue weighted by molar-refractivity contribution is 7.89. The second-order valence-electron chi connectivity index (χ2n) is 7.17. The van der Waals surface area contributed by atoms with E-state index in [-0.39, 0.29) is 29.8 Å². The van der Waals surface area contributed by atoms with Crippen molar-refractivity contribution in [1.29, 1.82) is 0 Å². The number of hydrogen-bond donors (Lipinski definition) is 1. The fourth-order valence-electron chi connectivity index (χ4n) is 3.56. The highest BCUT2D eigenvalue weighted by atomic mass is 32.2. The summed E-state index contributed by atoms with van der Waals surface area (Å²) in [7, 11) is -2.08. The molecule has 1 saturated heterocycles. The Balaban J connectivity index is 1.40. The smallest absolute Gasteiger partial charge is 0.243 e. The lowest BCUT2D eigenvalue weighted by Gasteiger charge is -2.30. The number of anilines is 1. The maximum Gasteiger partial charge on any atom is 0.243 e. The van der Waals surface area contributed by atoms with E-state index < -0.39 is 10.0 Å². The standard InChI is InChI=1S/C21H23N5O4S/c1-30-17-5-7-18(8-6-17)31(28,29)25-14-9-16(10-15-25)21(27)24-19-4-2-11-22-20(19)26-13-3-12-23-26/h2-8,11-13,16H,9-10,14-15H2,1H3,(H,24,27). The molecule has 0 spiro atoms. The maximum atomic E-state index is 12.9. The minimum atomic E-state index is -3.61. The van der Waals surface area contributed by atoms with Crippen molar-refractivity contribution in [2.45, 2.75) is 17.7 Å². The van der Waals surface area contributed by atoms with Gasteiger partial charge in [-0.25, -0.2) is 18.1 Å². The van der Waals surface area contributed by atoms with Gasteiger partial charge in [-0.1, -0.05) is 0 Å². The molecule has 1 amide bonds. The number of aromatic nitrogens is 3. The molecule has 1 aliphatic heterocycles. The van der Waals surface area contributed by atoms with Crippen LogP contribution in [0.15, 0.2) is 66.0 Å². The number of hydrogen-bond acceptors (Lipinski definition) is 6. The molecule has 2 aromatic heterocycles. The van der Waals surface area contributed by atoms with Crippen LogP contribution in [0.3, 0.4) is 0 Å². The molecule has 0 saturated carbocycles. The zero-order valence-corrected chi connectivity index (χ0v) is 17.8. The number of piperidine rings is 1. The lowest BCUT2D eigenvalue weighted by Crippen LogP contribution is -2.41. The van der Waals surface area contributed by atoms with Crippen molar-refractivity contribution in [2.24, 2.45) is 5.92 Å². The normalized spacial score (nSPS) is 15.5. The second kappa shape index (κ2) is 8.86. The SMILES string of the molecule is COc1ccc(S(=O)(=O)N2CCC(C(=O)Nc3cccnc3-n3cccn3)CC2)cc1. The summed E-state index contributed by atoms with van der Waals surface area (Å²) in [4.78, 5) is 17.4. The molecule has 31 heavy (non-hydrogen) atoms. The fraction of sp³-hybridized carbons (Fsp3) is 0.286. The Morgan fingerprint density at radius 1 is 1.10 bits per heavy atom. The molecule has 0 bridgehead atoms. The second-order valence-corrected chi connectivity index (χ2v) is 9.11. The van der Waals surface area contributed by atoms with E-state index >= 15 is 0 Å². The largest absolute Gasteiger partial charge is 0.497 e. The third-order valence-electron chi connectivity index (χ3n) is 5.29. The van der Waals surface area contributed by atoms with Crippen LogP contribution in [-0.4, -0.2) is 53.6 Å². The Bertz CT molecular complexity index is 1140. The van der Waals surface area contributed by atoms with Crippen molar-refractivity contribution >= 4 is 21.6 Å². The number of carbonyl (C=O) groups is 1. The first-order valence-corrected chi connectivity index (χ1v) is 11.3. The zero-order chi connectivity index (χ0) is 21.8. The van der Waals surface area contributed by atoms with Crippen LogP contribution in [0.25, 0.3) is 5.82 Å². The number of pyridine rings is 1. The van der Waals surface area contributed by atoms with Gasteiger partial charge in [-0.05, 0) is 55.3 Å². The molecular weight excluding hydrogens is 418 g/mol. The van der Waals surface area contributed by atoms with Gasteiger partial charge in [-0.2, -0.15) is 9.40 Å². The van der Waals surface area contributed by atoms with Crippen LogP contribution in [0.5, 0.6) is 5.75 Å². The minimum absolute atomic E-state index is 0.150. The van der Waals surface area contributed by atoms with Crippen molar-refractivity contribution in [1.82, 2.24) is 19.1 Å². The number of carbonyl (C=O) groups excluding carboxylic acids is 1. The van der Waals surface area contributed by atoms with Gasteiger partial charge < -0.3 is 10.1 Å². The van der Waals surface area contributed by atoms with Crippen LogP contribution in [0, 0.1) is 5.92 Å². The van der Waals surface area contributed by atoms with Gasteiger partial charge in [-0.15, -0.1) is 0 Å². The summed E-state index contributed by atoms with van der Waals surface area (Å²) in [5.74, 6) is 0.690. The third-order valence-corrected chi connectivity index (χ3v) is 7.20. The van der Waals surface area contributed by atoms with Crippen LogP contribution in [-0.2, 0) is 14.8 Å². The number of nitrogens with one attached hydrogen (secondary N) is 1. The molecule has 0 unspecified atom stereocenters. The summed E-state index contributed by atoms with van der Waals surface area (Å²) >= 11 is 0. The van der Waals surface area contributed by atoms with Crippen LogP contribution < -0.4 is 10.1 Å². The van der Waals surface area contributed by atoms with Gasteiger partial charge in [0, 0.05) is 37.6 Å².